The van der Waals surface area contributed by atoms with E-state index in [1.165, 1.54) is 11.3 Å². The quantitative estimate of drug-likeness (QED) is 0.780. The summed E-state index contributed by atoms with van der Waals surface area (Å²) in [5.74, 6) is 0.678. The maximum absolute atomic E-state index is 11.2. The molecule has 1 heterocycles. The molecule has 0 spiro atoms. The molecule has 0 atom stereocenters. The van der Waals surface area contributed by atoms with Crippen molar-refractivity contribution in [3.63, 3.8) is 0 Å². The molecular weight excluding hydrogens is 196 g/mol. The number of carbonyl (C=O) groups excluding carboxylic acids is 1. The zero-order chi connectivity index (χ0) is 10.7. The van der Waals surface area contributed by atoms with Crippen LogP contribution in [0.25, 0.3) is 0 Å². The first-order valence-corrected chi connectivity index (χ1v) is 5.54. The average molecular weight is 212 g/mol. The van der Waals surface area contributed by atoms with Crippen LogP contribution in [0.1, 0.15) is 36.1 Å². The van der Waals surface area contributed by atoms with Crippen molar-refractivity contribution in [2.45, 2.75) is 27.7 Å². The fourth-order valence-corrected chi connectivity index (χ4v) is 1.96. The number of Topliss-reactive ketones (excluding diaryl/α,β-unsaturated/α-hetero) is 1. The molecule has 0 unspecified atom stereocenters. The summed E-state index contributed by atoms with van der Waals surface area (Å²) in [4.78, 5) is 16.2. The van der Waals surface area contributed by atoms with E-state index in [-0.39, 0.29) is 5.78 Å². The fraction of sp³-hybridized carbons (Fsp3) is 0.600. The molecule has 0 fully saturated rings. The predicted octanol–water partition coefficient (Wildman–Crippen LogP) is 2.72. The molecule has 78 valence electrons. The number of ketones is 1. The highest BCUT2D eigenvalue weighted by atomic mass is 32.1. The van der Waals surface area contributed by atoms with Crippen LogP contribution in [0.15, 0.2) is 0 Å². The monoisotopic (exact) mass is 212 g/mol. The highest BCUT2D eigenvalue weighted by molar-refractivity contribution is 7.17. The molecular formula is C10H16N2OS. The van der Waals surface area contributed by atoms with Gasteiger partial charge in [-0.05, 0) is 12.8 Å². The van der Waals surface area contributed by atoms with Crippen LogP contribution in [0.2, 0.25) is 0 Å². The van der Waals surface area contributed by atoms with Crippen molar-refractivity contribution >= 4 is 22.3 Å². The number of anilines is 1. The number of rotatable bonds is 4. The first-order valence-electron chi connectivity index (χ1n) is 4.73. The van der Waals surface area contributed by atoms with E-state index in [0.717, 1.165) is 22.2 Å². The summed E-state index contributed by atoms with van der Waals surface area (Å²) in [5.41, 5.74) is 0.828. The molecule has 3 nitrogen and oxygen atoms in total. The maximum atomic E-state index is 11.2. The van der Waals surface area contributed by atoms with Crippen LogP contribution in [-0.4, -0.2) is 17.3 Å². The van der Waals surface area contributed by atoms with Gasteiger partial charge in [0.1, 0.15) is 0 Å². The molecule has 0 bridgehead atoms. The number of nitrogens with one attached hydrogen (secondary N) is 1. The maximum Gasteiger partial charge on any atom is 0.183 e. The number of hydrogen-bond donors (Lipinski definition) is 1. The van der Waals surface area contributed by atoms with E-state index in [2.05, 4.69) is 24.1 Å². The summed E-state index contributed by atoms with van der Waals surface area (Å²) in [6, 6.07) is 0. The van der Waals surface area contributed by atoms with Crippen molar-refractivity contribution in [3.8, 4) is 0 Å². The van der Waals surface area contributed by atoms with Crippen LogP contribution in [0.5, 0.6) is 0 Å². The van der Waals surface area contributed by atoms with Crippen LogP contribution >= 0.6 is 11.3 Å². The van der Waals surface area contributed by atoms with Gasteiger partial charge in [-0.3, -0.25) is 4.79 Å². The van der Waals surface area contributed by atoms with Gasteiger partial charge in [-0.2, -0.15) is 0 Å². The molecule has 1 N–H and O–H groups in total. The first-order chi connectivity index (χ1) is 6.50. The Balaban J connectivity index is 2.71. The summed E-state index contributed by atoms with van der Waals surface area (Å²) >= 11 is 1.44. The Labute approximate surface area is 88.6 Å². The minimum absolute atomic E-state index is 0.0950. The molecule has 4 heteroatoms. The zero-order valence-corrected chi connectivity index (χ0v) is 9.86. The third-order valence-electron chi connectivity index (χ3n) is 1.78. The van der Waals surface area contributed by atoms with E-state index in [9.17, 15) is 4.79 Å². The van der Waals surface area contributed by atoms with E-state index in [1.807, 2.05) is 6.92 Å². The Morgan fingerprint density at radius 1 is 1.57 bits per heavy atom. The fourth-order valence-electron chi connectivity index (χ4n) is 1.09. The Kier molecular flexibility index (Phi) is 3.63. The Morgan fingerprint density at radius 2 is 2.21 bits per heavy atom. The van der Waals surface area contributed by atoms with Crippen molar-refractivity contribution in [3.05, 3.63) is 10.6 Å². The summed E-state index contributed by atoms with van der Waals surface area (Å²) in [6.45, 7) is 8.61. The van der Waals surface area contributed by atoms with Gasteiger partial charge in [0.15, 0.2) is 10.9 Å². The van der Waals surface area contributed by atoms with E-state index in [0.29, 0.717) is 5.92 Å². The van der Waals surface area contributed by atoms with Gasteiger partial charge in [0.2, 0.25) is 0 Å². The topological polar surface area (TPSA) is 42.0 Å². The van der Waals surface area contributed by atoms with Crippen molar-refractivity contribution < 1.29 is 4.79 Å². The van der Waals surface area contributed by atoms with Crippen molar-refractivity contribution in [1.82, 2.24) is 4.98 Å². The Morgan fingerprint density at radius 3 is 2.64 bits per heavy atom. The van der Waals surface area contributed by atoms with Gasteiger partial charge in [-0.25, -0.2) is 4.98 Å². The van der Waals surface area contributed by atoms with Crippen molar-refractivity contribution in [2.24, 2.45) is 5.92 Å². The molecule has 0 aliphatic rings. The van der Waals surface area contributed by atoms with Gasteiger partial charge in [0.05, 0.1) is 10.6 Å². The van der Waals surface area contributed by atoms with Crippen molar-refractivity contribution in [1.29, 1.82) is 0 Å². The number of thiazole rings is 1. The van der Waals surface area contributed by atoms with E-state index < -0.39 is 0 Å². The minimum Gasteiger partial charge on any atom is -0.361 e. The van der Waals surface area contributed by atoms with Crippen LogP contribution in [0, 0.1) is 12.8 Å². The lowest BCUT2D eigenvalue weighted by molar-refractivity contribution is 0.102. The summed E-state index contributed by atoms with van der Waals surface area (Å²) in [7, 11) is 0. The van der Waals surface area contributed by atoms with Gasteiger partial charge in [0, 0.05) is 13.5 Å². The van der Waals surface area contributed by atoms with Gasteiger partial charge < -0.3 is 5.32 Å². The molecule has 0 saturated carbocycles. The van der Waals surface area contributed by atoms with E-state index in [4.69, 9.17) is 0 Å². The standard InChI is InChI=1S/C10H16N2OS/c1-6(2)5-11-10-12-7(3)9(14-10)8(4)13/h6H,5H2,1-4H3,(H,11,12). The van der Waals surface area contributed by atoms with Gasteiger partial charge in [0.25, 0.3) is 0 Å². The lowest BCUT2D eigenvalue weighted by Crippen LogP contribution is -2.07. The third-order valence-corrected chi connectivity index (χ3v) is 2.99. The van der Waals surface area contributed by atoms with Crippen LogP contribution in [-0.2, 0) is 0 Å². The molecule has 0 amide bonds. The number of aromatic nitrogens is 1. The smallest absolute Gasteiger partial charge is 0.183 e. The molecule has 0 aromatic carbocycles. The average Bonchev–Trinajstić information content (AvgIpc) is 2.43. The summed E-state index contributed by atoms with van der Waals surface area (Å²) in [6.07, 6.45) is 0. The van der Waals surface area contributed by atoms with Crippen LogP contribution in [0.3, 0.4) is 0 Å². The van der Waals surface area contributed by atoms with E-state index in [1.54, 1.807) is 6.92 Å². The number of nitrogens with zero attached hydrogens (tertiary/aromatic N) is 1. The number of carbonyl (C=O) groups is 1. The molecule has 0 aliphatic carbocycles. The second kappa shape index (κ2) is 4.55. The Hall–Kier alpha value is -0.900. The highest BCUT2D eigenvalue weighted by Gasteiger charge is 2.10. The molecule has 0 aliphatic heterocycles. The zero-order valence-electron chi connectivity index (χ0n) is 9.05. The first kappa shape index (κ1) is 11.2. The van der Waals surface area contributed by atoms with Gasteiger partial charge in [-0.15, -0.1) is 0 Å². The molecule has 0 saturated heterocycles. The molecule has 1 rings (SSSR count). The van der Waals surface area contributed by atoms with Crippen molar-refractivity contribution in [2.75, 3.05) is 11.9 Å². The molecule has 1 aromatic heterocycles. The minimum atomic E-state index is 0.0950. The molecule has 1 aromatic rings. The van der Waals surface area contributed by atoms with Crippen LogP contribution < -0.4 is 5.32 Å². The molecule has 0 radical (unpaired) electrons. The van der Waals surface area contributed by atoms with Gasteiger partial charge >= 0.3 is 0 Å². The van der Waals surface area contributed by atoms with E-state index >= 15 is 0 Å². The number of aryl methyl sites for hydroxylation is 1. The second-order valence-corrected chi connectivity index (χ2v) is 4.76. The second-order valence-electron chi connectivity index (χ2n) is 3.76. The summed E-state index contributed by atoms with van der Waals surface area (Å²) in [5, 5.41) is 4.06. The lowest BCUT2D eigenvalue weighted by Gasteiger charge is -2.04. The lowest BCUT2D eigenvalue weighted by atomic mass is 10.2. The SMILES string of the molecule is CC(=O)c1sc(NCC(C)C)nc1C. The normalized spacial score (nSPS) is 10.6. The largest absolute Gasteiger partial charge is 0.361 e. The van der Waals surface area contributed by atoms with Crippen LogP contribution in [0.4, 0.5) is 5.13 Å². The molecule has 14 heavy (non-hydrogen) atoms. The predicted molar refractivity (Wildman–Crippen MR) is 60.2 cm³/mol. The third kappa shape index (κ3) is 2.80. The number of hydrogen-bond acceptors (Lipinski definition) is 4. The highest BCUT2D eigenvalue weighted by Crippen LogP contribution is 2.22. The van der Waals surface area contributed by atoms with Gasteiger partial charge in [-0.1, -0.05) is 25.2 Å². The Bertz CT molecular complexity index is 331. The summed E-state index contributed by atoms with van der Waals surface area (Å²) < 4.78 is 0.